The Bertz CT molecular complexity index is 933. The fourth-order valence-electron chi connectivity index (χ4n) is 2.36. The second kappa shape index (κ2) is 6.88. The Labute approximate surface area is 144 Å². The lowest BCUT2D eigenvalue weighted by molar-refractivity contribution is 0.0992. The molecular formula is C18H16N4O3. The molecule has 126 valence electrons. The van der Waals surface area contributed by atoms with E-state index in [1.54, 1.807) is 54.7 Å². The molecule has 7 nitrogen and oxygen atoms in total. The van der Waals surface area contributed by atoms with E-state index in [4.69, 9.17) is 10.5 Å². The molecule has 0 aliphatic carbocycles. The van der Waals surface area contributed by atoms with Crippen LogP contribution in [0.1, 0.15) is 20.8 Å². The predicted molar refractivity (Wildman–Crippen MR) is 93.0 cm³/mol. The Morgan fingerprint density at radius 1 is 1.12 bits per heavy atom. The lowest BCUT2D eigenvalue weighted by Crippen LogP contribution is -2.13. The summed E-state index contributed by atoms with van der Waals surface area (Å²) in [6.07, 6.45) is 1.63. The molecule has 0 fully saturated rings. The summed E-state index contributed by atoms with van der Waals surface area (Å²) in [4.78, 5) is 23.6. The maximum atomic E-state index is 12.5. The lowest BCUT2D eigenvalue weighted by atomic mass is 10.2. The van der Waals surface area contributed by atoms with Gasteiger partial charge in [-0.05, 0) is 36.4 Å². The number of hydrogen-bond donors (Lipinski definition) is 2. The van der Waals surface area contributed by atoms with Gasteiger partial charge in [-0.15, -0.1) is 0 Å². The van der Waals surface area contributed by atoms with Gasteiger partial charge in [0.1, 0.15) is 11.4 Å². The molecule has 0 spiro atoms. The van der Waals surface area contributed by atoms with Gasteiger partial charge >= 0.3 is 0 Å². The number of para-hydroxylation sites is 1. The van der Waals surface area contributed by atoms with E-state index in [2.05, 4.69) is 10.4 Å². The summed E-state index contributed by atoms with van der Waals surface area (Å²) in [5.41, 5.74) is 7.09. The largest absolute Gasteiger partial charge is 0.496 e. The van der Waals surface area contributed by atoms with E-state index in [-0.39, 0.29) is 11.6 Å². The monoisotopic (exact) mass is 336 g/mol. The average Bonchev–Trinajstić information content (AvgIpc) is 3.12. The first kappa shape index (κ1) is 16.3. The zero-order valence-electron chi connectivity index (χ0n) is 13.5. The van der Waals surface area contributed by atoms with Crippen LogP contribution >= 0.6 is 0 Å². The Morgan fingerprint density at radius 3 is 2.64 bits per heavy atom. The molecule has 0 radical (unpaired) electrons. The molecule has 1 aromatic heterocycles. The van der Waals surface area contributed by atoms with Crippen molar-refractivity contribution >= 4 is 17.5 Å². The van der Waals surface area contributed by atoms with Crippen LogP contribution in [0.2, 0.25) is 0 Å². The summed E-state index contributed by atoms with van der Waals surface area (Å²) in [5.74, 6) is -0.387. The third kappa shape index (κ3) is 3.50. The Morgan fingerprint density at radius 2 is 1.92 bits per heavy atom. The van der Waals surface area contributed by atoms with Crippen molar-refractivity contribution in [2.45, 2.75) is 0 Å². The Kier molecular flexibility index (Phi) is 4.47. The Hall–Kier alpha value is -3.61. The van der Waals surface area contributed by atoms with Gasteiger partial charge in [-0.3, -0.25) is 9.59 Å². The number of benzene rings is 2. The number of carbonyl (C=O) groups excluding carboxylic acids is 2. The summed E-state index contributed by atoms with van der Waals surface area (Å²) in [6.45, 7) is 0. The van der Waals surface area contributed by atoms with Crippen LogP contribution in [0.3, 0.4) is 0 Å². The number of hydrogen-bond acceptors (Lipinski definition) is 4. The lowest BCUT2D eigenvalue weighted by Gasteiger charge is -2.10. The molecular weight excluding hydrogens is 320 g/mol. The molecule has 0 saturated carbocycles. The first-order valence-electron chi connectivity index (χ1n) is 7.49. The van der Waals surface area contributed by atoms with Crippen molar-refractivity contribution in [3.63, 3.8) is 0 Å². The number of carbonyl (C=O) groups is 2. The van der Waals surface area contributed by atoms with Gasteiger partial charge in [0.2, 0.25) is 0 Å². The van der Waals surface area contributed by atoms with Crippen LogP contribution in [0, 0.1) is 0 Å². The number of rotatable bonds is 5. The first-order valence-corrected chi connectivity index (χ1v) is 7.49. The van der Waals surface area contributed by atoms with E-state index in [1.807, 2.05) is 0 Å². The van der Waals surface area contributed by atoms with Crippen molar-refractivity contribution in [1.82, 2.24) is 9.78 Å². The van der Waals surface area contributed by atoms with E-state index < -0.39 is 5.91 Å². The highest BCUT2D eigenvalue weighted by Crippen LogP contribution is 2.20. The molecule has 2 aromatic carbocycles. The number of aromatic nitrogens is 2. The van der Waals surface area contributed by atoms with Gasteiger partial charge in [0.15, 0.2) is 0 Å². The predicted octanol–water partition coefficient (Wildman–Crippen LogP) is 2.23. The number of anilines is 1. The number of ether oxygens (including phenoxy) is 1. The first-order chi connectivity index (χ1) is 12.1. The highest BCUT2D eigenvalue weighted by atomic mass is 16.5. The van der Waals surface area contributed by atoms with Crippen LogP contribution < -0.4 is 15.8 Å². The fourth-order valence-corrected chi connectivity index (χ4v) is 2.36. The van der Waals surface area contributed by atoms with Crippen molar-refractivity contribution in [3.05, 3.63) is 72.1 Å². The maximum Gasteiger partial charge on any atom is 0.269 e. The molecule has 1 heterocycles. The quantitative estimate of drug-likeness (QED) is 0.746. The summed E-state index contributed by atoms with van der Waals surface area (Å²) in [6, 6.07) is 15.6. The second-order valence-electron chi connectivity index (χ2n) is 5.21. The van der Waals surface area contributed by atoms with E-state index in [1.165, 1.54) is 17.9 Å². The summed E-state index contributed by atoms with van der Waals surface area (Å²) in [7, 11) is 1.51. The normalized spacial score (nSPS) is 10.3. The van der Waals surface area contributed by atoms with Crippen molar-refractivity contribution in [1.29, 1.82) is 0 Å². The molecule has 2 amide bonds. The molecule has 3 aromatic rings. The van der Waals surface area contributed by atoms with Gasteiger partial charge in [-0.2, -0.15) is 5.10 Å². The molecule has 0 atom stereocenters. The molecule has 0 unspecified atom stereocenters. The van der Waals surface area contributed by atoms with Gasteiger partial charge < -0.3 is 15.8 Å². The number of primary amides is 1. The summed E-state index contributed by atoms with van der Waals surface area (Å²) >= 11 is 0. The number of nitrogens with one attached hydrogen (secondary N) is 1. The minimum atomic E-state index is -0.598. The van der Waals surface area contributed by atoms with Crippen LogP contribution in [0.15, 0.2) is 60.8 Å². The molecule has 3 rings (SSSR count). The second-order valence-corrected chi connectivity index (χ2v) is 5.21. The molecule has 0 aliphatic rings. The van der Waals surface area contributed by atoms with E-state index in [0.29, 0.717) is 22.7 Å². The number of amides is 2. The van der Waals surface area contributed by atoms with Crippen molar-refractivity contribution in [3.8, 4) is 11.4 Å². The third-order valence-electron chi connectivity index (χ3n) is 3.56. The minimum Gasteiger partial charge on any atom is -0.496 e. The Balaban J connectivity index is 1.84. The summed E-state index contributed by atoms with van der Waals surface area (Å²) in [5, 5.41) is 6.92. The van der Waals surface area contributed by atoms with Gasteiger partial charge in [0, 0.05) is 11.9 Å². The maximum absolute atomic E-state index is 12.5. The van der Waals surface area contributed by atoms with Gasteiger partial charge in [0.25, 0.3) is 11.8 Å². The topological polar surface area (TPSA) is 99.2 Å². The zero-order chi connectivity index (χ0) is 17.8. The average molecular weight is 336 g/mol. The molecule has 0 aliphatic heterocycles. The molecule has 7 heteroatoms. The van der Waals surface area contributed by atoms with Gasteiger partial charge in [0.05, 0.1) is 18.4 Å². The van der Waals surface area contributed by atoms with Crippen molar-refractivity contribution in [2.75, 3.05) is 12.4 Å². The zero-order valence-corrected chi connectivity index (χ0v) is 13.5. The minimum absolute atomic E-state index is 0.170. The number of nitrogens with two attached hydrogens (primary N) is 1. The molecule has 0 saturated heterocycles. The van der Waals surface area contributed by atoms with Gasteiger partial charge in [-0.25, -0.2) is 4.68 Å². The van der Waals surface area contributed by atoms with Crippen LogP contribution in [0.25, 0.3) is 5.69 Å². The molecule has 3 N–H and O–H groups in total. The van der Waals surface area contributed by atoms with E-state index in [9.17, 15) is 9.59 Å². The van der Waals surface area contributed by atoms with Crippen molar-refractivity contribution < 1.29 is 14.3 Å². The third-order valence-corrected chi connectivity index (χ3v) is 3.56. The van der Waals surface area contributed by atoms with E-state index in [0.717, 1.165) is 0 Å². The SMILES string of the molecule is COc1ccccc1C(=O)Nc1cccc(-n2ccc(C(N)=O)n2)c1. The van der Waals surface area contributed by atoms with Crippen LogP contribution in [0.5, 0.6) is 5.75 Å². The number of methoxy groups -OCH3 is 1. The van der Waals surface area contributed by atoms with Crippen molar-refractivity contribution in [2.24, 2.45) is 5.73 Å². The van der Waals surface area contributed by atoms with Crippen LogP contribution in [-0.4, -0.2) is 28.7 Å². The molecule has 25 heavy (non-hydrogen) atoms. The van der Waals surface area contributed by atoms with Gasteiger partial charge in [-0.1, -0.05) is 18.2 Å². The molecule has 0 bridgehead atoms. The fraction of sp³-hybridized carbons (Fsp3) is 0.0556. The van der Waals surface area contributed by atoms with E-state index >= 15 is 0 Å². The van der Waals surface area contributed by atoms with Crippen LogP contribution in [0.4, 0.5) is 5.69 Å². The highest BCUT2D eigenvalue weighted by Gasteiger charge is 2.12. The standard InChI is InChI=1S/C18H16N4O3/c1-25-16-8-3-2-7-14(16)18(24)20-12-5-4-6-13(11-12)22-10-9-15(21-22)17(19)23/h2-11H,1H3,(H2,19,23)(H,20,24). The summed E-state index contributed by atoms with van der Waals surface area (Å²) < 4.78 is 6.72. The highest BCUT2D eigenvalue weighted by molar-refractivity contribution is 6.06. The number of nitrogens with zero attached hydrogens (tertiary/aromatic N) is 2. The van der Waals surface area contributed by atoms with Crippen LogP contribution in [-0.2, 0) is 0 Å². The smallest absolute Gasteiger partial charge is 0.269 e.